The lowest BCUT2D eigenvalue weighted by molar-refractivity contribution is 0.517. The van der Waals surface area contributed by atoms with Gasteiger partial charge in [0.1, 0.15) is 17.3 Å². The zero-order chi connectivity index (χ0) is 14.1. The van der Waals surface area contributed by atoms with E-state index in [9.17, 15) is 4.39 Å². The predicted octanol–water partition coefficient (Wildman–Crippen LogP) is 3.29. The van der Waals surface area contributed by atoms with Gasteiger partial charge in [0.2, 0.25) is 0 Å². The Balaban J connectivity index is 1.97. The molecule has 1 aromatic heterocycles. The quantitative estimate of drug-likeness (QED) is 0.832. The third kappa shape index (κ3) is 2.58. The Morgan fingerprint density at radius 2 is 2.10 bits per heavy atom. The molecule has 0 saturated heterocycles. The second-order valence-electron chi connectivity index (χ2n) is 4.62. The summed E-state index contributed by atoms with van der Waals surface area (Å²) in [5.74, 6) is 1.28. The molecule has 1 atom stereocenters. The summed E-state index contributed by atoms with van der Waals surface area (Å²) < 4.78 is 18.9. The Hall–Kier alpha value is -2.14. The van der Waals surface area contributed by atoms with Crippen LogP contribution in [0.5, 0.6) is 0 Å². The maximum Gasteiger partial charge on any atom is 0.171 e. The van der Waals surface area contributed by atoms with Gasteiger partial charge in [-0.2, -0.15) is 0 Å². The summed E-state index contributed by atoms with van der Waals surface area (Å²) in [5, 5.41) is 6.65. The zero-order valence-electron chi connectivity index (χ0n) is 10.8. The number of thiocarbonyl (C=S) groups is 1. The van der Waals surface area contributed by atoms with E-state index >= 15 is 0 Å². The van der Waals surface area contributed by atoms with Crippen LogP contribution in [0.4, 0.5) is 4.39 Å². The highest BCUT2D eigenvalue weighted by atomic mass is 32.1. The Morgan fingerprint density at radius 1 is 1.25 bits per heavy atom. The summed E-state index contributed by atoms with van der Waals surface area (Å²) in [4.78, 5) is 0. The lowest BCUT2D eigenvalue weighted by atomic mass is 10.0. The van der Waals surface area contributed by atoms with Gasteiger partial charge in [0.25, 0.3) is 0 Å². The fourth-order valence-corrected chi connectivity index (χ4v) is 2.39. The van der Waals surface area contributed by atoms with Crippen molar-refractivity contribution in [2.24, 2.45) is 0 Å². The van der Waals surface area contributed by atoms with Gasteiger partial charge in [0, 0.05) is 0 Å². The highest BCUT2D eigenvalue weighted by Crippen LogP contribution is 2.24. The van der Waals surface area contributed by atoms with Gasteiger partial charge < -0.3 is 15.1 Å². The Labute approximate surface area is 121 Å². The zero-order valence-corrected chi connectivity index (χ0v) is 11.6. The van der Waals surface area contributed by atoms with Gasteiger partial charge in [-0.3, -0.25) is 0 Å². The molecule has 2 heterocycles. The standard InChI is InChI=1S/C15H13FN2OS/c1-9-5-6-14(19-9)13-8-12(17-15(20)18-13)10-3-2-4-11(16)7-10/h2-8,12H,1H3,(H2,17,18,20). The van der Waals surface area contributed by atoms with Crippen molar-refractivity contribution in [1.29, 1.82) is 0 Å². The summed E-state index contributed by atoms with van der Waals surface area (Å²) in [6, 6.07) is 10.0. The molecule has 2 aromatic rings. The van der Waals surface area contributed by atoms with Gasteiger partial charge >= 0.3 is 0 Å². The summed E-state index contributed by atoms with van der Waals surface area (Å²) in [6.07, 6.45) is 1.93. The first-order chi connectivity index (χ1) is 9.61. The number of rotatable bonds is 2. The fourth-order valence-electron chi connectivity index (χ4n) is 2.15. The molecular weight excluding hydrogens is 275 g/mol. The molecule has 2 N–H and O–H groups in total. The Morgan fingerprint density at radius 3 is 2.80 bits per heavy atom. The number of furan rings is 1. The van der Waals surface area contributed by atoms with Crippen molar-refractivity contribution in [1.82, 2.24) is 10.6 Å². The van der Waals surface area contributed by atoms with Crippen LogP contribution < -0.4 is 10.6 Å². The van der Waals surface area contributed by atoms with Gasteiger partial charge in [0.15, 0.2) is 5.11 Å². The van der Waals surface area contributed by atoms with E-state index in [0.29, 0.717) is 10.9 Å². The second-order valence-corrected chi connectivity index (χ2v) is 5.03. The van der Waals surface area contributed by atoms with Crippen LogP contribution in [0.2, 0.25) is 0 Å². The van der Waals surface area contributed by atoms with Crippen LogP contribution in [0.25, 0.3) is 5.70 Å². The van der Waals surface area contributed by atoms with Crippen LogP contribution >= 0.6 is 12.2 Å². The van der Waals surface area contributed by atoms with Crippen LogP contribution in [0.15, 0.2) is 46.9 Å². The van der Waals surface area contributed by atoms with Gasteiger partial charge in [-0.05, 0) is 55.0 Å². The van der Waals surface area contributed by atoms with Crippen LogP contribution in [-0.4, -0.2) is 5.11 Å². The third-order valence-electron chi connectivity index (χ3n) is 3.08. The number of halogens is 1. The molecule has 1 aliphatic heterocycles. The third-order valence-corrected chi connectivity index (χ3v) is 3.30. The van der Waals surface area contributed by atoms with Gasteiger partial charge in [-0.1, -0.05) is 12.1 Å². The maximum absolute atomic E-state index is 13.3. The summed E-state index contributed by atoms with van der Waals surface area (Å²) in [5.41, 5.74) is 1.60. The van der Waals surface area contributed by atoms with E-state index in [4.69, 9.17) is 16.6 Å². The molecule has 102 valence electrons. The summed E-state index contributed by atoms with van der Waals surface area (Å²) in [6.45, 7) is 1.88. The molecule has 0 radical (unpaired) electrons. The minimum Gasteiger partial charge on any atom is -0.460 e. The lowest BCUT2D eigenvalue weighted by Gasteiger charge is -2.25. The normalized spacial score (nSPS) is 18.2. The molecule has 0 aliphatic carbocycles. The molecule has 3 nitrogen and oxygen atoms in total. The van der Waals surface area contributed by atoms with E-state index < -0.39 is 0 Å². The number of nitrogens with one attached hydrogen (secondary N) is 2. The number of hydrogen-bond donors (Lipinski definition) is 2. The predicted molar refractivity (Wildman–Crippen MR) is 79.4 cm³/mol. The minimum absolute atomic E-state index is 0.181. The van der Waals surface area contributed by atoms with E-state index in [1.165, 1.54) is 12.1 Å². The molecule has 0 fully saturated rings. The van der Waals surface area contributed by atoms with Crippen molar-refractivity contribution < 1.29 is 8.81 Å². The number of hydrogen-bond acceptors (Lipinski definition) is 2. The number of benzene rings is 1. The molecule has 1 aliphatic rings. The van der Waals surface area contributed by atoms with Crippen LogP contribution in [-0.2, 0) is 0 Å². The van der Waals surface area contributed by atoms with E-state index in [2.05, 4.69) is 10.6 Å². The Kier molecular flexibility index (Phi) is 3.28. The molecule has 5 heteroatoms. The smallest absolute Gasteiger partial charge is 0.171 e. The molecule has 0 saturated carbocycles. The van der Waals surface area contributed by atoms with Crippen molar-refractivity contribution >= 4 is 23.0 Å². The first kappa shape index (κ1) is 12.9. The Bertz CT molecular complexity index is 693. The minimum atomic E-state index is -0.266. The van der Waals surface area contributed by atoms with E-state index in [-0.39, 0.29) is 11.9 Å². The highest BCUT2D eigenvalue weighted by Gasteiger charge is 2.20. The van der Waals surface area contributed by atoms with Crippen LogP contribution in [0.1, 0.15) is 23.1 Å². The molecule has 20 heavy (non-hydrogen) atoms. The van der Waals surface area contributed by atoms with Gasteiger partial charge in [0.05, 0.1) is 11.7 Å². The van der Waals surface area contributed by atoms with Crippen molar-refractivity contribution in [3.05, 3.63) is 65.4 Å². The average molecular weight is 288 g/mol. The molecule has 0 bridgehead atoms. The molecule has 0 amide bonds. The van der Waals surface area contributed by atoms with Crippen molar-refractivity contribution in [3.63, 3.8) is 0 Å². The molecule has 0 spiro atoms. The fraction of sp³-hybridized carbons (Fsp3) is 0.133. The van der Waals surface area contributed by atoms with Gasteiger partial charge in [-0.25, -0.2) is 4.39 Å². The molecule has 1 unspecified atom stereocenters. The van der Waals surface area contributed by atoms with Crippen molar-refractivity contribution in [2.75, 3.05) is 0 Å². The molecule has 1 aromatic carbocycles. The van der Waals surface area contributed by atoms with E-state index in [1.807, 2.05) is 31.2 Å². The highest BCUT2D eigenvalue weighted by molar-refractivity contribution is 7.80. The topological polar surface area (TPSA) is 37.2 Å². The monoisotopic (exact) mass is 288 g/mol. The van der Waals surface area contributed by atoms with E-state index in [1.54, 1.807) is 6.07 Å². The summed E-state index contributed by atoms with van der Waals surface area (Å²) in [7, 11) is 0. The van der Waals surface area contributed by atoms with Crippen molar-refractivity contribution in [2.45, 2.75) is 13.0 Å². The van der Waals surface area contributed by atoms with E-state index in [0.717, 1.165) is 17.0 Å². The average Bonchev–Trinajstić information content (AvgIpc) is 2.85. The second kappa shape index (κ2) is 5.09. The maximum atomic E-state index is 13.3. The van der Waals surface area contributed by atoms with Crippen LogP contribution in [0, 0.1) is 12.7 Å². The number of aryl methyl sites for hydroxylation is 1. The SMILES string of the molecule is Cc1ccc(C2=CC(c3cccc(F)c3)NC(=S)N2)o1. The van der Waals surface area contributed by atoms with Crippen LogP contribution in [0.3, 0.4) is 0 Å². The first-order valence-electron chi connectivity index (χ1n) is 6.23. The van der Waals surface area contributed by atoms with Crippen molar-refractivity contribution in [3.8, 4) is 0 Å². The largest absolute Gasteiger partial charge is 0.460 e. The summed E-state index contributed by atoms with van der Waals surface area (Å²) >= 11 is 5.20. The first-order valence-corrected chi connectivity index (χ1v) is 6.64. The van der Waals surface area contributed by atoms with Gasteiger partial charge in [-0.15, -0.1) is 0 Å². The molecule has 3 rings (SSSR count). The molecular formula is C15H13FN2OS. The lowest BCUT2D eigenvalue weighted by Crippen LogP contribution is -2.40.